The molecular formula is C31H32BrFN4O4. The molecule has 0 aliphatic carbocycles. The summed E-state index contributed by atoms with van der Waals surface area (Å²) < 4.78 is 35.4. The molecule has 1 aliphatic heterocycles. The Morgan fingerprint density at radius 1 is 1.24 bits per heavy atom. The van der Waals surface area contributed by atoms with E-state index in [-0.39, 0.29) is 5.75 Å². The maximum atomic E-state index is 15.7. The van der Waals surface area contributed by atoms with Crippen molar-refractivity contribution >= 4 is 33.2 Å². The van der Waals surface area contributed by atoms with Gasteiger partial charge in [0.25, 0.3) is 0 Å². The van der Waals surface area contributed by atoms with Gasteiger partial charge in [0.15, 0.2) is 23.3 Å². The number of anilines is 1. The molecule has 2 aromatic carbocycles. The molecule has 0 saturated heterocycles. The zero-order valence-electron chi connectivity index (χ0n) is 23.7. The molecule has 5 rings (SSSR count). The van der Waals surface area contributed by atoms with E-state index in [1.54, 1.807) is 17.5 Å². The van der Waals surface area contributed by atoms with Crippen LogP contribution in [-0.2, 0) is 14.3 Å². The normalized spacial score (nSPS) is 14.0. The molecule has 0 radical (unpaired) electrons. The maximum absolute atomic E-state index is 15.7. The molecule has 1 aliphatic rings. The number of benzene rings is 2. The fourth-order valence-electron chi connectivity index (χ4n) is 5.02. The molecule has 10 heteroatoms. The van der Waals surface area contributed by atoms with Crippen LogP contribution in [0.5, 0.6) is 5.75 Å². The number of hydrogen-bond acceptors (Lipinski definition) is 7. The molecule has 41 heavy (non-hydrogen) atoms. The van der Waals surface area contributed by atoms with Gasteiger partial charge in [-0.2, -0.15) is 5.10 Å². The predicted octanol–water partition coefficient (Wildman–Crippen LogP) is 6.69. The number of carbonyl (C=O) groups excluding carboxylic acids is 1. The molecule has 0 fully saturated rings. The van der Waals surface area contributed by atoms with Gasteiger partial charge in [-0.3, -0.25) is 0 Å². The average molecular weight is 624 g/mol. The average Bonchev–Trinajstić information content (AvgIpc) is 3.34. The molecule has 8 nitrogen and oxygen atoms in total. The first-order valence-electron chi connectivity index (χ1n) is 13.2. The highest BCUT2D eigenvalue weighted by Gasteiger charge is 2.35. The number of ether oxygens (including phenoxy) is 3. The van der Waals surface area contributed by atoms with Crippen molar-refractivity contribution in [3.8, 4) is 28.3 Å². The SMILES string of the molecule is C=CCN1CCOc2c(F)cc(-c3c([C@H](OC(C)(C)C)C(=O)OC)c(C)nc4cc(-c5cccc(Br)c5)nn34)cc21. The Labute approximate surface area is 246 Å². The highest BCUT2D eigenvalue weighted by Crippen LogP contribution is 2.42. The molecular weight excluding hydrogens is 591 g/mol. The Hall–Kier alpha value is -3.76. The van der Waals surface area contributed by atoms with Gasteiger partial charge in [-0.1, -0.05) is 34.1 Å². The van der Waals surface area contributed by atoms with E-state index in [1.807, 2.05) is 62.1 Å². The van der Waals surface area contributed by atoms with E-state index in [0.29, 0.717) is 59.2 Å². The van der Waals surface area contributed by atoms with Crippen LogP contribution in [0.1, 0.15) is 38.1 Å². The van der Waals surface area contributed by atoms with E-state index >= 15 is 4.39 Å². The lowest BCUT2D eigenvalue weighted by Gasteiger charge is -2.32. The van der Waals surface area contributed by atoms with Crippen molar-refractivity contribution in [3.63, 3.8) is 0 Å². The molecule has 0 unspecified atom stereocenters. The summed E-state index contributed by atoms with van der Waals surface area (Å²) >= 11 is 3.53. The number of hydrogen-bond donors (Lipinski definition) is 0. The van der Waals surface area contributed by atoms with Crippen LogP contribution in [0, 0.1) is 12.7 Å². The zero-order chi connectivity index (χ0) is 29.5. The number of aryl methyl sites for hydroxylation is 1. The van der Waals surface area contributed by atoms with E-state index in [2.05, 4.69) is 22.5 Å². The van der Waals surface area contributed by atoms with E-state index in [0.717, 1.165) is 10.0 Å². The van der Waals surface area contributed by atoms with Gasteiger partial charge in [0.05, 0.1) is 36.3 Å². The van der Waals surface area contributed by atoms with Crippen LogP contribution >= 0.6 is 15.9 Å². The molecule has 3 heterocycles. The van der Waals surface area contributed by atoms with Crippen molar-refractivity contribution in [1.82, 2.24) is 14.6 Å². The first-order chi connectivity index (χ1) is 19.5. The van der Waals surface area contributed by atoms with Crippen LogP contribution in [0.2, 0.25) is 0 Å². The monoisotopic (exact) mass is 622 g/mol. The summed E-state index contributed by atoms with van der Waals surface area (Å²) in [5, 5.41) is 4.91. The summed E-state index contributed by atoms with van der Waals surface area (Å²) in [7, 11) is 1.31. The first-order valence-corrected chi connectivity index (χ1v) is 14.0. The highest BCUT2D eigenvalue weighted by atomic mass is 79.9. The lowest BCUT2D eigenvalue weighted by molar-refractivity contribution is -0.164. The molecule has 0 saturated carbocycles. The Bertz CT molecular complexity index is 1650. The van der Waals surface area contributed by atoms with Crippen LogP contribution in [0.3, 0.4) is 0 Å². The number of aromatic nitrogens is 3. The van der Waals surface area contributed by atoms with Gasteiger partial charge in [-0.15, -0.1) is 6.58 Å². The lowest BCUT2D eigenvalue weighted by atomic mass is 9.97. The number of methoxy groups -OCH3 is 1. The second-order valence-electron chi connectivity index (χ2n) is 10.8. The van der Waals surface area contributed by atoms with Crippen molar-refractivity contribution < 1.29 is 23.4 Å². The third-order valence-corrected chi connectivity index (χ3v) is 7.19. The van der Waals surface area contributed by atoms with Gasteiger partial charge in [0, 0.05) is 39.5 Å². The summed E-state index contributed by atoms with van der Waals surface area (Å²) in [4.78, 5) is 20.1. The number of fused-ring (bicyclic) bond motifs is 2. The van der Waals surface area contributed by atoms with E-state index < -0.39 is 23.5 Å². The third-order valence-electron chi connectivity index (χ3n) is 6.69. The van der Waals surface area contributed by atoms with Crippen LogP contribution in [0.15, 0.2) is 59.6 Å². The molecule has 1 atom stereocenters. The smallest absolute Gasteiger partial charge is 0.339 e. The van der Waals surface area contributed by atoms with Crippen molar-refractivity contribution in [2.45, 2.75) is 39.4 Å². The topological polar surface area (TPSA) is 78.2 Å². The fraction of sp³-hybridized carbons (Fsp3) is 0.323. The van der Waals surface area contributed by atoms with Crippen LogP contribution in [0.25, 0.3) is 28.2 Å². The van der Waals surface area contributed by atoms with Gasteiger partial charge in [-0.05, 0) is 52.0 Å². The second-order valence-corrected chi connectivity index (χ2v) is 11.7. The Balaban J connectivity index is 1.84. The van der Waals surface area contributed by atoms with E-state index in [1.165, 1.54) is 13.2 Å². The maximum Gasteiger partial charge on any atom is 0.339 e. The van der Waals surface area contributed by atoms with Crippen molar-refractivity contribution in [1.29, 1.82) is 0 Å². The summed E-state index contributed by atoms with van der Waals surface area (Å²) in [6.45, 7) is 12.7. The number of esters is 1. The van der Waals surface area contributed by atoms with Gasteiger partial charge in [0.1, 0.15) is 6.61 Å². The number of nitrogens with zero attached hydrogens (tertiary/aromatic N) is 4. The minimum absolute atomic E-state index is 0.177. The lowest BCUT2D eigenvalue weighted by Crippen LogP contribution is -2.33. The minimum Gasteiger partial charge on any atom is -0.486 e. The number of halogens is 2. The molecule has 4 aromatic rings. The van der Waals surface area contributed by atoms with Gasteiger partial charge in [0.2, 0.25) is 0 Å². The van der Waals surface area contributed by atoms with Gasteiger partial charge in [-0.25, -0.2) is 18.7 Å². The van der Waals surface area contributed by atoms with Gasteiger partial charge >= 0.3 is 5.97 Å². The number of rotatable bonds is 7. The molecule has 0 spiro atoms. The minimum atomic E-state index is -1.15. The predicted molar refractivity (Wildman–Crippen MR) is 160 cm³/mol. The molecule has 214 valence electrons. The van der Waals surface area contributed by atoms with Crippen LogP contribution < -0.4 is 9.64 Å². The Morgan fingerprint density at radius 2 is 2.02 bits per heavy atom. The van der Waals surface area contributed by atoms with Crippen LogP contribution in [-0.4, -0.2) is 53.0 Å². The fourth-order valence-corrected chi connectivity index (χ4v) is 5.42. The number of carbonyl (C=O) groups is 1. The summed E-state index contributed by atoms with van der Waals surface area (Å²) in [5.74, 6) is -0.943. The zero-order valence-corrected chi connectivity index (χ0v) is 25.3. The summed E-state index contributed by atoms with van der Waals surface area (Å²) in [6.07, 6.45) is 0.618. The van der Waals surface area contributed by atoms with Crippen molar-refractivity contribution in [2.24, 2.45) is 0 Å². The highest BCUT2D eigenvalue weighted by molar-refractivity contribution is 9.10. The molecule has 2 aromatic heterocycles. The van der Waals surface area contributed by atoms with Crippen molar-refractivity contribution in [3.05, 3.63) is 76.7 Å². The molecule has 0 amide bonds. The van der Waals surface area contributed by atoms with Gasteiger partial charge < -0.3 is 19.1 Å². The quantitative estimate of drug-likeness (QED) is 0.168. The Morgan fingerprint density at radius 3 is 2.71 bits per heavy atom. The van der Waals surface area contributed by atoms with Crippen LogP contribution in [0.4, 0.5) is 10.1 Å². The third kappa shape index (κ3) is 5.71. The Kier molecular flexibility index (Phi) is 7.89. The first kappa shape index (κ1) is 28.8. The second kappa shape index (κ2) is 11.3. The van der Waals surface area contributed by atoms with E-state index in [9.17, 15) is 4.79 Å². The van der Waals surface area contributed by atoms with Crippen molar-refractivity contribution in [2.75, 3.05) is 31.7 Å². The van der Waals surface area contributed by atoms with E-state index in [4.69, 9.17) is 24.3 Å². The standard InChI is InChI=1S/C31H32BrFN4O4/c1-7-11-36-12-13-40-28-22(33)15-20(16-24(28)36)27-26(29(30(38)39-6)41-31(3,4)5)18(2)34-25-17-23(35-37(25)27)19-9-8-10-21(32)14-19/h7-10,14-17,29H,1,11-13H2,2-6H3/t29-/m0/s1. The molecule has 0 N–H and O–H groups in total. The molecule has 0 bridgehead atoms. The largest absolute Gasteiger partial charge is 0.486 e. The summed E-state index contributed by atoms with van der Waals surface area (Å²) in [5.41, 5.74) is 3.88. The summed E-state index contributed by atoms with van der Waals surface area (Å²) in [6, 6.07) is 12.9.